The zero-order valence-corrected chi connectivity index (χ0v) is 13.4. The quantitative estimate of drug-likeness (QED) is 0.705. The molecule has 0 aliphatic rings. The van der Waals surface area contributed by atoms with Gasteiger partial charge in [0.2, 0.25) is 5.95 Å². The van der Waals surface area contributed by atoms with Gasteiger partial charge in [-0.1, -0.05) is 23.7 Å². The van der Waals surface area contributed by atoms with Crippen molar-refractivity contribution in [3.63, 3.8) is 0 Å². The van der Waals surface area contributed by atoms with Crippen molar-refractivity contribution < 1.29 is 4.74 Å². The van der Waals surface area contributed by atoms with E-state index in [1.165, 1.54) is 0 Å². The molecule has 0 spiro atoms. The molecular formula is C15H20ClN5O. The molecule has 6 nitrogen and oxygen atoms in total. The number of nitrogens with one attached hydrogen (secondary N) is 1. The number of anilines is 2. The second-order valence-corrected chi connectivity index (χ2v) is 5.85. The van der Waals surface area contributed by atoms with Gasteiger partial charge >= 0.3 is 0 Å². The van der Waals surface area contributed by atoms with E-state index >= 15 is 0 Å². The van der Waals surface area contributed by atoms with Crippen LogP contribution in [0.1, 0.15) is 12.5 Å². The molecule has 2 aromatic rings. The number of halogens is 1. The van der Waals surface area contributed by atoms with E-state index in [1.807, 2.05) is 31.2 Å². The molecule has 22 heavy (non-hydrogen) atoms. The molecule has 0 saturated carbocycles. The van der Waals surface area contributed by atoms with Crippen LogP contribution in [-0.2, 0) is 6.42 Å². The van der Waals surface area contributed by atoms with E-state index in [2.05, 4.69) is 15.3 Å². The summed E-state index contributed by atoms with van der Waals surface area (Å²) in [4.78, 5) is 7.88. The van der Waals surface area contributed by atoms with Crippen LogP contribution in [0.15, 0.2) is 30.3 Å². The highest BCUT2D eigenvalue weighted by Gasteiger charge is 2.19. The van der Waals surface area contributed by atoms with Gasteiger partial charge in [-0.05, 0) is 31.0 Å². The predicted octanol–water partition coefficient (Wildman–Crippen LogP) is 2.09. The maximum atomic E-state index is 6.34. The van der Waals surface area contributed by atoms with Gasteiger partial charge in [0, 0.05) is 18.2 Å². The first kappa shape index (κ1) is 16.3. The van der Waals surface area contributed by atoms with E-state index in [0.29, 0.717) is 23.9 Å². The number of methoxy groups -OCH3 is 1. The highest BCUT2D eigenvalue weighted by atomic mass is 35.5. The molecule has 0 fully saturated rings. The molecule has 1 aromatic carbocycles. The number of hydrogen-bond acceptors (Lipinski definition) is 6. The molecule has 0 amide bonds. The summed E-state index contributed by atoms with van der Waals surface area (Å²) in [5, 5.41) is 3.44. The standard InChI is InChI=1S/C15H20ClN5O/c1-15(18,8-10-3-5-11(22-2)6-4-10)9-19-13-7-12(16)20-14(17)21-13/h3-7H,8-9,18H2,1-2H3,(H3,17,19,20,21)/t15-/m1/s1. The van der Waals surface area contributed by atoms with Gasteiger partial charge in [0.25, 0.3) is 0 Å². The lowest BCUT2D eigenvalue weighted by atomic mass is 9.94. The number of rotatable bonds is 6. The molecule has 1 aromatic heterocycles. The third-order valence-corrected chi connectivity index (χ3v) is 3.35. The van der Waals surface area contributed by atoms with Gasteiger partial charge in [-0.3, -0.25) is 0 Å². The normalized spacial score (nSPS) is 13.5. The molecular weight excluding hydrogens is 302 g/mol. The lowest BCUT2D eigenvalue weighted by Crippen LogP contribution is -2.45. The molecule has 1 atom stereocenters. The Labute approximate surface area is 134 Å². The summed E-state index contributed by atoms with van der Waals surface area (Å²) in [7, 11) is 1.64. The molecule has 7 heteroatoms. The Hall–Kier alpha value is -2.05. The van der Waals surface area contributed by atoms with Crippen molar-refractivity contribution in [2.75, 3.05) is 24.7 Å². The van der Waals surface area contributed by atoms with Gasteiger partial charge in [-0.25, -0.2) is 4.98 Å². The minimum absolute atomic E-state index is 0.129. The Morgan fingerprint density at radius 2 is 1.95 bits per heavy atom. The van der Waals surface area contributed by atoms with Crippen molar-refractivity contribution in [1.82, 2.24) is 9.97 Å². The monoisotopic (exact) mass is 321 g/mol. The van der Waals surface area contributed by atoms with E-state index in [-0.39, 0.29) is 5.95 Å². The number of ether oxygens (including phenoxy) is 1. The average Bonchev–Trinajstić information content (AvgIpc) is 2.45. The summed E-state index contributed by atoms with van der Waals surface area (Å²) in [5.41, 5.74) is 12.6. The number of hydrogen-bond donors (Lipinski definition) is 3. The zero-order valence-electron chi connectivity index (χ0n) is 12.6. The number of nitrogen functional groups attached to an aromatic ring is 1. The molecule has 0 saturated heterocycles. The summed E-state index contributed by atoms with van der Waals surface area (Å²) >= 11 is 5.84. The highest BCUT2D eigenvalue weighted by Crippen LogP contribution is 2.17. The van der Waals surface area contributed by atoms with Crippen LogP contribution in [0.25, 0.3) is 0 Å². The fourth-order valence-electron chi connectivity index (χ4n) is 2.09. The zero-order chi connectivity index (χ0) is 16.2. The van der Waals surface area contributed by atoms with Crippen LogP contribution >= 0.6 is 11.6 Å². The largest absolute Gasteiger partial charge is 0.497 e. The van der Waals surface area contributed by atoms with Gasteiger partial charge in [-0.15, -0.1) is 0 Å². The van der Waals surface area contributed by atoms with Crippen LogP contribution in [0.5, 0.6) is 5.75 Å². The number of benzene rings is 1. The maximum absolute atomic E-state index is 6.34. The van der Waals surface area contributed by atoms with E-state index in [9.17, 15) is 0 Å². The van der Waals surface area contributed by atoms with Crippen LogP contribution < -0.4 is 21.5 Å². The van der Waals surface area contributed by atoms with E-state index in [1.54, 1.807) is 13.2 Å². The van der Waals surface area contributed by atoms with Crippen molar-refractivity contribution in [2.24, 2.45) is 5.73 Å². The van der Waals surface area contributed by atoms with Crippen molar-refractivity contribution in [3.05, 3.63) is 41.0 Å². The Morgan fingerprint density at radius 3 is 2.55 bits per heavy atom. The van der Waals surface area contributed by atoms with Gasteiger partial charge in [0.15, 0.2) is 0 Å². The molecule has 0 radical (unpaired) electrons. The summed E-state index contributed by atoms with van der Waals surface area (Å²) < 4.78 is 5.14. The van der Waals surface area contributed by atoms with Crippen molar-refractivity contribution in [3.8, 4) is 5.75 Å². The molecule has 0 unspecified atom stereocenters. The highest BCUT2D eigenvalue weighted by molar-refractivity contribution is 6.29. The van der Waals surface area contributed by atoms with Crippen molar-refractivity contribution >= 4 is 23.4 Å². The summed E-state index contributed by atoms with van der Waals surface area (Å²) in [5.74, 6) is 1.51. The van der Waals surface area contributed by atoms with Crippen LogP contribution in [0.3, 0.4) is 0 Å². The number of aromatic nitrogens is 2. The fourth-order valence-corrected chi connectivity index (χ4v) is 2.28. The molecule has 5 N–H and O–H groups in total. The van der Waals surface area contributed by atoms with Gasteiger partial charge in [0.1, 0.15) is 16.7 Å². The minimum atomic E-state index is -0.458. The van der Waals surface area contributed by atoms with Gasteiger partial charge in [-0.2, -0.15) is 4.98 Å². The maximum Gasteiger partial charge on any atom is 0.223 e. The smallest absolute Gasteiger partial charge is 0.223 e. The second-order valence-electron chi connectivity index (χ2n) is 5.47. The lowest BCUT2D eigenvalue weighted by Gasteiger charge is -2.25. The molecule has 2 rings (SSSR count). The van der Waals surface area contributed by atoms with E-state index in [0.717, 1.165) is 11.3 Å². The Bertz CT molecular complexity index is 610. The Morgan fingerprint density at radius 1 is 1.27 bits per heavy atom. The van der Waals surface area contributed by atoms with Gasteiger partial charge in [0.05, 0.1) is 7.11 Å². The first-order valence-electron chi connectivity index (χ1n) is 6.84. The number of nitrogens with two attached hydrogens (primary N) is 2. The van der Waals surface area contributed by atoms with Gasteiger partial charge < -0.3 is 21.5 Å². The minimum Gasteiger partial charge on any atom is -0.497 e. The third-order valence-electron chi connectivity index (χ3n) is 3.15. The summed E-state index contributed by atoms with van der Waals surface area (Å²) in [6.45, 7) is 2.49. The number of nitrogens with zero attached hydrogens (tertiary/aromatic N) is 2. The average molecular weight is 322 g/mol. The van der Waals surface area contributed by atoms with Crippen LogP contribution in [0.2, 0.25) is 5.15 Å². The molecule has 1 heterocycles. The SMILES string of the molecule is COc1ccc(C[C@@](C)(N)CNc2cc(Cl)nc(N)n2)cc1. The van der Waals surface area contributed by atoms with Crippen LogP contribution in [0, 0.1) is 0 Å². The molecule has 0 bridgehead atoms. The first-order valence-corrected chi connectivity index (χ1v) is 7.21. The van der Waals surface area contributed by atoms with Crippen LogP contribution in [0.4, 0.5) is 11.8 Å². The first-order chi connectivity index (χ1) is 10.4. The second kappa shape index (κ2) is 6.81. The Balaban J connectivity index is 1.97. The lowest BCUT2D eigenvalue weighted by molar-refractivity contribution is 0.414. The summed E-state index contributed by atoms with van der Waals surface area (Å²) in [6, 6.07) is 9.46. The topological polar surface area (TPSA) is 99.1 Å². The fraction of sp³-hybridized carbons (Fsp3) is 0.333. The third kappa shape index (κ3) is 4.75. The van der Waals surface area contributed by atoms with E-state index in [4.69, 9.17) is 27.8 Å². The predicted molar refractivity (Wildman–Crippen MR) is 89.2 cm³/mol. The van der Waals surface area contributed by atoms with Crippen molar-refractivity contribution in [1.29, 1.82) is 0 Å². The molecule has 118 valence electrons. The van der Waals surface area contributed by atoms with E-state index < -0.39 is 5.54 Å². The molecule has 0 aliphatic carbocycles. The molecule has 0 aliphatic heterocycles. The van der Waals surface area contributed by atoms with Crippen LogP contribution in [-0.4, -0.2) is 29.2 Å². The Kier molecular flexibility index (Phi) is 5.05. The summed E-state index contributed by atoms with van der Waals surface area (Å²) in [6.07, 6.45) is 0.707. The van der Waals surface area contributed by atoms with Crippen molar-refractivity contribution in [2.45, 2.75) is 18.9 Å².